The van der Waals surface area contributed by atoms with Crippen molar-refractivity contribution >= 4 is 34.4 Å². The standard InChI is InChI=1S/C19H22ClFN4O3/c1-2-28-19(27)14-9-25(11-3-4-11)17-13(16(14)26)6-15(21)18(23-17)24-8-10(20)5-12(24)7-22/h6,9-12H,2-5,7-8,22H2,1H3/t10-,12-/m0/s1. The molecule has 0 aromatic carbocycles. The van der Waals surface area contributed by atoms with Crippen molar-refractivity contribution in [3.8, 4) is 0 Å². The summed E-state index contributed by atoms with van der Waals surface area (Å²) in [6, 6.07) is 1.19. The molecule has 0 bridgehead atoms. The molecule has 9 heteroatoms. The smallest absolute Gasteiger partial charge is 0.343 e. The van der Waals surface area contributed by atoms with Crippen LogP contribution in [0.1, 0.15) is 42.6 Å². The molecule has 4 rings (SSSR count). The minimum atomic E-state index is -0.707. The zero-order valence-corrected chi connectivity index (χ0v) is 16.3. The summed E-state index contributed by atoms with van der Waals surface area (Å²) < 4.78 is 21.7. The van der Waals surface area contributed by atoms with Crippen LogP contribution in [0.2, 0.25) is 0 Å². The summed E-state index contributed by atoms with van der Waals surface area (Å²) in [5.41, 5.74) is 5.52. The van der Waals surface area contributed by atoms with E-state index in [4.69, 9.17) is 22.1 Å². The molecule has 0 spiro atoms. The number of hydrogen-bond donors (Lipinski definition) is 1. The first-order valence-electron chi connectivity index (χ1n) is 9.47. The van der Waals surface area contributed by atoms with Crippen molar-refractivity contribution in [1.29, 1.82) is 0 Å². The van der Waals surface area contributed by atoms with Crippen LogP contribution in [0.4, 0.5) is 10.2 Å². The number of rotatable bonds is 5. The minimum absolute atomic E-state index is 0.0737. The molecule has 1 saturated carbocycles. The average Bonchev–Trinajstić information content (AvgIpc) is 3.44. The number of carbonyl (C=O) groups excluding carboxylic acids is 1. The number of nitrogens with zero attached hydrogens (tertiary/aromatic N) is 3. The highest BCUT2D eigenvalue weighted by Gasteiger charge is 2.34. The lowest BCUT2D eigenvalue weighted by molar-refractivity contribution is 0.0524. The van der Waals surface area contributed by atoms with E-state index in [0.29, 0.717) is 25.2 Å². The van der Waals surface area contributed by atoms with E-state index < -0.39 is 17.2 Å². The second kappa shape index (κ2) is 7.33. The van der Waals surface area contributed by atoms with Gasteiger partial charge in [0.1, 0.15) is 11.2 Å². The number of pyridine rings is 2. The molecule has 28 heavy (non-hydrogen) atoms. The maximum absolute atomic E-state index is 15.0. The maximum Gasteiger partial charge on any atom is 0.343 e. The first-order valence-corrected chi connectivity index (χ1v) is 9.91. The summed E-state index contributed by atoms with van der Waals surface area (Å²) in [6.07, 6.45) is 3.96. The number of ether oxygens (including phenoxy) is 1. The van der Waals surface area contributed by atoms with Crippen molar-refractivity contribution in [2.75, 3.05) is 24.6 Å². The van der Waals surface area contributed by atoms with E-state index in [1.54, 1.807) is 16.4 Å². The number of halogens is 2. The fourth-order valence-corrected chi connectivity index (χ4v) is 4.12. The summed E-state index contributed by atoms with van der Waals surface area (Å²) in [7, 11) is 0. The number of hydrogen-bond acceptors (Lipinski definition) is 6. The van der Waals surface area contributed by atoms with Gasteiger partial charge in [0.2, 0.25) is 5.43 Å². The van der Waals surface area contributed by atoms with Crippen molar-refractivity contribution in [2.45, 2.75) is 43.6 Å². The predicted molar refractivity (Wildman–Crippen MR) is 105 cm³/mol. The van der Waals surface area contributed by atoms with Crippen molar-refractivity contribution in [2.24, 2.45) is 5.73 Å². The molecular formula is C19H22ClFN4O3. The van der Waals surface area contributed by atoms with Crippen LogP contribution in [0.15, 0.2) is 17.1 Å². The molecular weight excluding hydrogens is 387 g/mol. The Morgan fingerprint density at radius 1 is 1.46 bits per heavy atom. The van der Waals surface area contributed by atoms with Gasteiger partial charge in [-0.15, -0.1) is 11.6 Å². The summed E-state index contributed by atoms with van der Waals surface area (Å²) in [5.74, 6) is -1.19. The summed E-state index contributed by atoms with van der Waals surface area (Å²) in [6.45, 7) is 2.59. The summed E-state index contributed by atoms with van der Waals surface area (Å²) >= 11 is 6.25. The third-order valence-electron chi connectivity index (χ3n) is 5.28. The highest BCUT2D eigenvalue weighted by Crippen LogP contribution is 2.38. The quantitative estimate of drug-likeness (QED) is 0.602. The van der Waals surface area contributed by atoms with Gasteiger partial charge in [-0.3, -0.25) is 4.79 Å². The number of esters is 1. The van der Waals surface area contributed by atoms with Crippen LogP contribution in [-0.2, 0) is 4.74 Å². The molecule has 2 fully saturated rings. The van der Waals surface area contributed by atoms with Gasteiger partial charge in [0.15, 0.2) is 11.6 Å². The lowest BCUT2D eigenvalue weighted by atomic mass is 10.1. The number of anilines is 1. The van der Waals surface area contributed by atoms with Crippen LogP contribution in [-0.4, -0.2) is 46.6 Å². The zero-order chi connectivity index (χ0) is 20.0. The largest absolute Gasteiger partial charge is 0.462 e. The highest BCUT2D eigenvalue weighted by molar-refractivity contribution is 6.21. The van der Waals surface area contributed by atoms with Gasteiger partial charge in [-0.25, -0.2) is 14.2 Å². The topological polar surface area (TPSA) is 90.5 Å². The molecule has 0 unspecified atom stereocenters. The normalized spacial score (nSPS) is 22.1. The van der Waals surface area contributed by atoms with Gasteiger partial charge in [0, 0.05) is 31.4 Å². The van der Waals surface area contributed by atoms with E-state index in [0.717, 1.165) is 18.9 Å². The Morgan fingerprint density at radius 2 is 2.21 bits per heavy atom. The first-order chi connectivity index (χ1) is 13.4. The highest BCUT2D eigenvalue weighted by atomic mass is 35.5. The molecule has 0 radical (unpaired) electrons. The predicted octanol–water partition coefficient (Wildman–Crippen LogP) is 2.19. The Balaban J connectivity index is 1.90. The molecule has 2 aromatic rings. The van der Waals surface area contributed by atoms with E-state index in [2.05, 4.69) is 4.98 Å². The zero-order valence-electron chi connectivity index (χ0n) is 15.5. The summed E-state index contributed by atoms with van der Waals surface area (Å²) in [5, 5.41) is -0.0631. The third-order valence-corrected chi connectivity index (χ3v) is 5.60. The fourth-order valence-electron chi connectivity index (χ4n) is 3.77. The van der Waals surface area contributed by atoms with Crippen LogP contribution in [0.3, 0.4) is 0 Å². The molecule has 1 saturated heterocycles. The van der Waals surface area contributed by atoms with Crippen LogP contribution in [0, 0.1) is 5.82 Å². The molecule has 2 aliphatic rings. The molecule has 1 aliphatic heterocycles. The second-order valence-corrected chi connectivity index (χ2v) is 7.89. The van der Waals surface area contributed by atoms with E-state index in [9.17, 15) is 14.0 Å². The van der Waals surface area contributed by atoms with E-state index in [-0.39, 0.29) is 40.8 Å². The Morgan fingerprint density at radius 3 is 2.86 bits per heavy atom. The van der Waals surface area contributed by atoms with Crippen LogP contribution < -0.4 is 16.1 Å². The van der Waals surface area contributed by atoms with E-state index >= 15 is 0 Å². The van der Waals surface area contributed by atoms with Gasteiger partial charge >= 0.3 is 5.97 Å². The van der Waals surface area contributed by atoms with Gasteiger partial charge in [-0.1, -0.05) is 0 Å². The van der Waals surface area contributed by atoms with Crippen LogP contribution in [0.5, 0.6) is 0 Å². The van der Waals surface area contributed by atoms with Crippen molar-refractivity contribution in [3.63, 3.8) is 0 Å². The SMILES string of the molecule is CCOC(=O)c1cn(C2CC2)c2nc(N3C[C@@H](Cl)C[C@H]3CN)c(F)cc2c1=O. The maximum atomic E-state index is 15.0. The number of fused-ring (bicyclic) bond motifs is 1. The van der Waals surface area contributed by atoms with Crippen LogP contribution >= 0.6 is 11.6 Å². The number of aromatic nitrogens is 2. The third kappa shape index (κ3) is 3.24. The molecule has 0 amide bonds. The number of carbonyl (C=O) groups is 1. The molecule has 2 aromatic heterocycles. The summed E-state index contributed by atoms with van der Waals surface area (Å²) in [4.78, 5) is 31.3. The van der Waals surface area contributed by atoms with E-state index in [1.807, 2.05) is 0 Å². The molecule has 1 aliphatic carbocycles. The molecule has 2 N–H and O–H groups in total. The van der Waals surface area contributed by atoms with Crippen molar-refractivity contribution in [1.82, 2.24) is 9.55 Å². The Labute approximate surface area is 166 Å². The Kier molecular flexibility index (Phi) is 5.01. The first kappa shape index (κ1) is 19.1. The Bertz CT molecular complexity index is 991. The minimum Gasteiger partial charge on any atom is -0.462 e. The van der Waals surface area contributed by atoms with Gasteiger partial charge in [0.05, 0.1) is 17.4 Å². The van der Waals surface area contributed by atoms with Gasteiger partial charge in [-0.2, -0.15) is 0 Å². The lowest BCUT2D eigenvalue weighted by Gasteiger charge is -2.25. The second-order valence-electron chi connectivity index (χ2n) is 7.27. The average molecular weight is 409 g/mol. The van der Waals surface area contributed by atoms with Gasteiger partial charge in [-0.05, 0) is 32.3 Å². The van der Waals surface area contributed by atoms with Crippen molar-refractivity contribution < 1.29 is 13.9 Å². The number of alkyl halides is 1. The van der Waals surface area contributed by atoms with E-state index in [1.165, 1.54) is 6.20 Å². The monoisotopic (exact) mass is 408 g/mol. The van der Waals surface area contributed by atoms with Gasteiger partial charge in [0.25, 0.3) is 0 Å². The molecule has 3 heterocycles. The fraction of sp³-hybridized carbons (Fsp3) is 0.526. The Hall–Kier alpha value is -2.19. The molecule has 7 nitrogen and oxygen atoms in total. The van der Waals surface area contributed by atoms with Crippen LogP contribution in [0.25, 0.3) is 11.0 Å². The van der Waals surface area contributed by atoms with Crippen molar-refractivity contribution in [3.05, 3.63) is 33.9 Å². The lowest BCUT2D eigenvalue weighted by Crippen LogP contribution is -2.36. The van der Waals surface area contributed by atoms with Gasteiger partial charge < -0.3 is 19.9 Å². The molecule has 150 valence electrons. The number of nitrogens with two attached hydrogens (primary N) is 1. The molecule has 2 atom stereocenters.